The average Bonchev–Trinajstić information content (AvgIpc) is 2.98. The predicted octanol–water partition coefficient (Wildman–Crippen LogP) is 1.70. The third-order valence-electron chi connectivity index (χ3n) is 4.60. The topological polar surface area (TPSA) is 79.3 Å². The second-order valence-electron chi connectivity index (χ2n) is 6.75. The lowest BCUT2D eigenvalue weighted by Crippen LogP contribution is -2.35. The van der Waals surface area contributed by atoms with Gasteiger partial charge in [0.2, 0.25) is 0 Å². The third-order valence-corrected chi connectivity index (χ3v) is 4.60. The summed E-state index contributed by atoms with van der Waals surface area (Å²) in [5.41, 5.74) is 2.32. The van der Waals surface area contributed by atoms with Crippen LogP contribution in [0.25, 0.3) is 0 Å². The highest BCUT2D eigenvalue weighted by Crippen LogP contribution is 2.14. The largest absolute Gasteiger partial charge is 0.363 e. The van der Waals surface area contributed by atoms with E-state index in [1.807, 2.05) is 48.3 Å². The molecule has 7 heteroatoms. The fourth-order valence-electron chi connectivity index (χ4n) is 3.15. The number of pyridine rings is 1. The molecule has 0 saturated carbocycles. The SMILES string of the molecule is CN(C)c1ccc(C(=O)N2CCCN(Cc3c[nH]c(C#N)c3)CC2)cn1. The van der Waals surface area contributed by atoms with Crippen molar-refractivity contribution in [1.29, 1.82) is 5.26 Å². The van der Waals surface area contributed by atoms with Gasteiger partial charge in [-0.3, -0.25) is 9.69 Å². The van der Waals surface area contributed by atoms with Crippen LogP contribution in [0.15, 0.2) is 30.6 Å². The lowest BCUT2D eigenvalue weighted by molar-refractivity contribution is 0.0760. The summed E-state index contributed by atoms with van der Waals surface area (Å²) < 4.78 is 0. The van der Waals surface area contributed by atoms with Crippen LogP contribution in [0.1, 0.15) is 28.0 Å². The molecule has 1 aliphatic heterocycles. The molecule has 1 N–H and O–H groups in total. The monoisotopic (exact) mass is 352 g/mol. The average molecular weight is 352 g/mol. The Morgan fingerprint density at radius 2 is 2.15 bits per heavy atom. The van der Waals surface area contributed by atoms with Gasteiger partial charge in [-0.1, -0.05) is 0 Å². The number of hydrogen-bond donors (Lipinski definition) is 1. The van der Waals surface area contributed by atoms with Crippen molar-refractivity contribution in [3.05, 3.63) is 47.4 Å². The first kappa shape index (κ1) is 18.0. The lowest BCUT2D eigenvalue weighted by Gasteiger charge is -2.22. The van der Waals surface area contributed by atoms with Crippen molar-refractivity contribution >= 4 is 11.7 Å². The maximum atomic E-state index is 12.8. The number of hydrogen-bond acceptors (Lipinski definition) is 5. The van der Waals surface area contributed by atoms with E-state index < -0.39 is 0 Å². The molecule has 0 bridgehead atoms. The number of nitriles is 1. The molecule has 0 aromatic carbocycles. The standard InChI is InChI=1S/C19H24N6O/c1-23(2)18-5-4-16(13-22-18)19(26)25-7-3-6-24(8-9-25)14-15-10-17(11-20)21-12-15/h4-5,10,12-13,21H,3,6-9,14H2,1-2H3. The fraction of sp³-hybridized carbons (Fsp3) is 0.421. The van der Waals surface area contributed by atoms with Crippen molar-refractivity contribution in [3.8, 4) is 6.07 Å². The molecule has 2 aromatic heterocycles. The molecular formula is C19H24N6O. The summed E-state index contributed by atoms with van der Waals surface area (Å²) in [5, 5.41) is 8.91. The van der Waals surface area contributed by atoms with E-state index in [9.17, 15) is 4.79 Å². The number of nitrogens with one attached hydrogen (secondary N) is 1. The van der Waals surface area contributed by atoms with Crippen LogP contribution in [-0.2, 0) is 6.54 Å². The quantitative estimate of drug-likeness (QED) is 0.906. The summed E-state index contributed by atoms with van der Waals surface area (Å²) in [5.74, 6) is 0.880. The molecule has 0 atom stereocenters. The summed E-state index contributed by atoms with van der Waals surface area (Å²) in [6.07, 6.45) is 4.47. The first-order valence-corrected chi connectivity index (χ1v) is 8.79. The van der Waals surface area contributed by atoms with Crippen LogP contribution in [0.5, 0.6) is 0 Å². The van der Waals surface area contributed by atoms with Gasteiger partial charge in [0.05, 0.1) is 5.56 Å². The number of H-pyrrole nitrogens is 1. The van der Waals surface area contributed by atoms with Crippen molar-refractivity contribution in [3.63, 3.8) is 0 Å². The number of carbonyl (C=O) groups excluding carboxylic acids is 1. The Morgan fingerprint density at radius 3 is 2.81 bits per heavy atom. The van der Waals surface area contributed by atoms with Crippen molar-refractivity contribution < 1.29 is 4.79 Å². The zero-order valence-corrected chi connectivity index (χ0v) is 15.3. The summed E-state index contributed by atoms with van der Waals surface area (Å²) in [6.45, 7) is 4.00. The van der Waals surface area contributed by atoms with Crippen LogP contribution >= 0.6 is 0 Å². The smallest absolute Gasteiger partial charge is 0.255 e. The van der Waals surface area contributed by atoms with Gasteiger partial charge in [0.25, 0.3) is 5.91 Å². The highest BCUT2D eigenvalue weighted by molar-refractivity contribution is 5.94. The van der Waals surface area contributed by atoms with Crippen LogP contribution in [0.3, 0.4) is 0 Å². The van der Waals surface area contributed by atoms with E-state index in [4.69, 9.17) is 5.26 Å². The molecule has 26 heavy (non-hydrogen) atoms. The van der Waals surface area contributed by atoms with E-state index in [1.54, 1.807) is 6.20 Å². The highest BCUT2D eigenvalue weighted by atomic mass is 16.2. The van der Waals surface area contributed by atoms with Gasteiger partial charge in [-0.05, 0) is 30.2 Å². The summed E-state index contributed by atoms with van der Waals surface area (Å²) in [4.78, 5) is 26.2. The van der Waals surface area contributed by atoms with Crippen molar-refractivity contribution in [2.75, 3.05) is 45.2 Å². The molecule has 136 valence electrons. The Kier molecular flexibility index (Phi) is 5.54. The second kappa shape index (κ2) is 8.02. The molecule has 2 aromatic rings. The maximum absolute atomic E-state index is 12.8. The van der Waals surface area contributed by atoms with Gasteiger partial charge in [-0.15, -0.1) is 0 Å². The number of rotatable bonds is 4. The zero-order chi connectivity index (χ0) is 18.5. The molecule has 0 spiro atoms. The van der Waals surface area contributed by atoms with Gasteiger partial charge < -0.3 is 14.8 Å². The number of aromatic amines is 1. The highest BCUT2D eigenvalue weighted by Gasteiger charge is 2.21. The molecule has 0 aliphatic carbocycles. The summed E-state index contributed by atoms with van der Waals surface area (Å²) >= 11 is 0. The first-order valence-electron chi connectivity index (χ1n) is 8.79. The predicted molar refractivity (Wildman–Crippen MR) is 99.9 cm³/mol. The van der Waals surface area contributed by atoms with Crippen molar-refractivity contribution in [2.24, 2.45) is 0 Å². The number of nitrogens with zero attached hydrogens (tertiary/aromatic N) is 5. The Hall–Kier alpha value is -2.85. The zero-order valence-electron chi connectivity index (χ0n) is 15.3. The molecule has 1 amide bonds. The lowest BCUT2D eigenvalue weighted by atomic mass is 10.2. The minimum atomic E-state index is 0.0399. The Bertz CT molecular complexity index is 789. The summed E-state index contributed by atoms with van der Waals surface area (Å²) in [6, 6.07) is 7.71. The van der Waals surface area contributed by atoms with Gasteiger partial charge in [-0.2, -0.15) is 5.26 Å². The van der Waals surface area contributed by atoms with E-state index in [0.717, 1.165) is 44.0 Å². The summed E-state index contributed by atoms with van der Waals surface area (Å²) in [7, 11) is 3.86. The molecular weight excluding hydrogens is 328 g/mol. The van der Waals surface area contributed by atoms with E-state index in [2.05, 4.69) is 20.9 Å². The number of anilines is 1. The Balaban J connectivity index is 1.59. The van der Waals surface area contributed by atoms with E-state index >= 15 is 0 Å². The van der Waals surface area contributed by atoms with E-state index in [-0.39, 0.29) is 5.91 Å². The molecule has 3 heterocycles. The van der Waals surface area contributed by atoms with Gasteiger partial charge in [0.15, 0.2) is 0 Å². The van der Waals surface area contributed by atoms with Gasteiger partial charge in [0.1, 0.15) is 17.6 Å². The van der Waals surface area contributed by atoms with Gasteiger partial charge >= 0.3 is 0 Å². The number of carbonyl (C=O) groups is 1. The molecule has 1 aliphatic rings. The molecule has 0 radical (unpaired) electrons. The van der Waals surface area contributed by atoms with Gasteiger partial charge in [-0.25, -0.2) is 4.98 Å². The van der Waals surface area contributed by atoms with Gasteiger partial charge in [0, 0.05) is 59.2 Å². The Labute approximate surface area is 153 Å². The molecule has 1 saturated heterocycles. The van der Waals surface area contributed by atoms with Crippen molar-refractivity contribution in [2.45, 2.75) is 13.0 Å². The fourth-order valence-corrected chi connectivity index (χ4v) is 3.15. The van der Waals surface area contributed by atoms with Crippen LogP contribution in [0, 0.1) is 11.3 Å². The van der Waals surface area contributed by atoms with Crippen LogP contribution in [0.4, 0.5) is 5.82 Å². The second-order valence-corrected chi connectivity index (χ2v) is 6.75. The Morgan fingerprint density at radius 1 is 1.31 bits per heavy atom. The van der Waals surface area contributed by atoms with Crippen LogP contribution < -0.4 is 4.90 Å². The molecule has 1 fully saturated rings. The van der Waals surface area contributed by atoms with Crippen LogP contribution in [-0.4, -0.2) is 65.9 Å². The molecule has 3 rings (SSSR count). The normalized spacial score (nSPS) is 15.3. The minimum Gasteiger partial charge on any atom is -0.363 e. The number of aromatic nitrogens is 2. The van der Waals surface area contributed by atoms with Crippen LogP contribution in [0.2, 0.25) is 0 Å². The maximum Gasteiger partial charge on any atom is 0.255 e. The third kappa shape index (κ3) is 4.21. The molecule has 0 unspecified atom stereocenters. The number of amides is 1. The molecule has 7 nitrogen and oxygen atoms in total. The van der Waals surface area contributed by atoms with E-state index in [1.165, 1.54) is 0 Å². The minimum absolute atomic E-state index is 0.0399. The van der Waals surface area contributed by atoms with Crippen molar-refractivity contribution in [1.82, 2.24) is 19.8 Å². The first-order chi connectivity index (χ1) is 12.6. The van der Waals surface area contributed by atoms with E-state index in [0.29, 0.717) is 17.8 Å².